The number of urea groups is 1. The molecule has 1 saturated heterocycles. The summed E-state index contributed by atoms with van der Waals surface area (Å²) in [5.74, 6) is -2.12. The molecule has 0 aromatic heterocycles. The van der Waals surface area contributed by atoms with E-state index in [1.165, 1.54) is 25.3 Å². The summed E-state index contributed by atoms with van der Waals surface area (Å²) in [6.45, 7) is -0.553. The second-order valence-electron chi connectivity index (χ2n) is 6.99. The van der Waals surface area contributed by atoms with E-state index in [0.717, 1.165) is 24.2 Å². The molecular weight excluding hydrogens is 460 g/mol. The number of carboxylic acids is 1. The van der Waals surface area contributed by atoms with Crippen molar-refractivity contribution in [2.24, 2.45) is 0 Å². The fourth-order valence-corrected chi connectivity index (χ4v) is 4.01. The summed E-state index contributed by atoms with van der Waals surface area (Å²) in [4.78, 5) is 49.6. The van der Waals surface area contributed by atoms with Gasteiger partial charge in [-0.2, -0.15) is 0 Å². The zero-order chi connectivity index (χ0) is 21.8. The molecule has 9 nitrogen and oxygen atoms in total. The van der Waals surface area contributed by atoms with E-state index in [1.807, 2.05) is 0 Å². The van der Waals surface area contributed by atoms with Crippen LogP contribution in [-0.2, 0) is 14.4 Å². The summed E-state index contributed by atoms with van der Waals surface area (Å²) in [6, 6.07) is 2.08. The van der Waals surface area contributed by atoms with Crippen molar-refractivity contribution in [3.63, 3.8) is 0 Å². The molecule has 160 valence electrons. The predicted octanol–water partition coefficient (Wildman–Crippen LogP) is 2.72. The minimum Gasteiger partial charge on any atom is -0.493 e. The highest BCUT2D eigenvalue weighted by molar-refractivity contribution is 9.10. The number of nitrogens with one attached hydrogen (secondary N) is 1. The first-order chi connectivity index (χ1) is 14.3. The number of aliphatic carboxylic acids is 1. The zero-order valence-corrected chi connectivity index (χ0v) is 17.9. The largest absolute Gasteiger partial charge is 0.493 e. The third kappa shape index (κ3) is 4.64. The smallest absolute Gasteiger partial charge is 0.341 e. The third-order valence-electron chi connectivity index (χ3n) is 5.01. The van der Waals surface area contributed by atoms with Gasteiger partial charge in [-0.1, -0.05) is 35.2 Å². The Morgan fingerprint density at radius 2 is 1.93 bits per heavy atom. The Morgan fingerprint density at radius 3 is 2.57 bits per heavy atom. The van der Waals surface area contributed by atoms with E-state index in [1.54, 1.807) is 0 Å². The highest BCUT2D eigenvalue weighted by Gasteiger charge is 2.40. The SMILES string of the molecule is COc1cc(/C=C2\C(=O)NC(=O)N(C3CCCCC3)C2=O)c(Br)cc1OCC(=O)O. The van der Waals surface area contributed by atoms with Crippen molar-refractivity contribution in [2.75, 3.05) is 13.7 Å². The molecule has 1 saturated carbocycles. The van der Waals surface area contributed by atoms with Crippen LogP contribution < -0.4 is 14.8 Å². The van der Waals surface area contributed by atoms with Crippen molar-refractivity contribution in [1.82, 2.24) is 10.2 Å². The average molecular weight is 481 g/mol. The zero-order valence-electron chi connectivity index (χ0n) is 16.3. The van der Waals surface area contributed by atoms with E-state index in [4.69, 9.17) is 14.6 Å². The van der Waals surface area contributed by atoms with Gasteiger partial charge in [-0.15, -0.1) is 0 Å². The van der Waals surface area contributed by atoms with Crippen molar-refractivity contribution in [3.05, 3.63) is 27.7 Å². The molecule has 30 heavy (non-hydrogen) atoms. The number of hydrogen-bond donors (Lipinski definition) is 2. The summed E-state index contributed by atoms with van der Waals surface area (Å²) in [6.07, 6.45) is 5.71. The van der Waals surface area contributed by atoms with Gasteiger partial charge in [0.1, 0.15) is 5.57 Å². The van der Waals surface area contributed by atoms with Crippen molar-refractivity contribution in [2.45, 2.75) is 38.1 Å². The maximum atomic E-state index is 13.0. The van der Waals surface area contributed by atoms with Crippen molar-refractivity contribution in [1.29, 1.82) is 0 Å². The van der Waals surface area contributed by atoms with Gasteiger partial charge >= 0.3 is 12.0 Å². The lowest BCUT2D eigenvalue weighted by molar-refractivity contribution is -0.139. The molecule has 1 aromatic rings. The molecule has 1 aliphatic carbocycles. The lowest BCUT2D eigenvalue weighted by Crippen LogP contribution is -2.58. The monoisotopic (exact) mass is 480 g/mol. The van der Waals surface area contributed by atoms with E-state index in [-0.39, 0.29) is 23.1 Å². The van der Waals surface area contributed by atoms with E-state index in [2.05, 4.69) is 21.2 Å². The molecule has 1 heterocycles. The number of rotatable bonds is 6. The Morgan fingerprint density at radius 1 is 1.23 bits per heavy atom. The second kappa shape index (κ2) is 9.29. The van der Waals surface area contributed by atoms with Crippen LogP contribution in [0.25, 0.3) is 6.08 Å². The van der Waals surface area contributed by atoms with E-state index in [9.17, 15) is 19.2 Å². The Kier molecular flexibility index (Phi) is 6.76. The number of amides is 4. The summed E-state index contributed by atoms with van der Waals surface area (Å²) in [5.41, 5.74) is 0.271. The van der Waals surface area contributed by atoms with Crippen LogP contribution in [0.5, 0.6) is 11.5 Å². The summed E-state index contributed by atoms with van der Waals surface area (Å²) in [7, 11) is 1.38. The normalized spacial score (nSPS) is 19.1. The molecule has 2 N–H and O–H groups in total. The van der Waals surface area contributed by atoms with Crippen LogP contribution in [0.3, 0.4) is 0 Å². The van der Waals surface area contributed by atoms with Crippen LogP contribution in [0.2, 0.25) is 0 Å². The molecule has 1 aliphatic heterocycles. The second-order valence-corrected chi connectivity index (χ2v) is 7.85. The quantitative estimate of drug-likeness (QED) is 0.473. The first-order valence-corrected chi connectivity index (χ1v) is 10.2. The number of carbonyl (C=O) groups excluding carboxylic acids is 3. The van der Waals surface area contributed by atoms with E-state index in [0.29, 0.717) is 22.9 Å². The minimum atomic E-state index is -1.14. The van der Waals surface area contributed by atoms with Crippen LogP contribution in [-0.4, -0.2) is 53.6 Å². The number of hydrogen-bond acceptors (Lipinski definition) is 6. The maximum Gasteiger partial charge on any atom is 0.341 e. The van der Waals surface area contributed by atoms with Crippen LogP contribution in [0.4, 0.5) is 4.79 Å². The first-order valence-electron chi connectivity index (χ1n) is 9.44. The molecule has 2 aliphatic rings. The maximum absolute atomic E-state index is 13.0. The number of barbiturate groups is 1. The number of nitrogens with zero attached hydrogens (tertiary/aromatic N) is 1. The first kappa shape index (κ1) is 21.8. The number of benzene rings is 1. The summed E-state index contributed by atoms with van der Waals surface area (Å²) < 4.78 is 10.9. The molecule has 0 spiro atoms. The molecule has 3 rings (SSSR count). The van der Waals surface area contributed by atoms with Gasteiger partial charge in [-0.05, 0) is 36.6 Å². The Balaban J connectivity index is 1.93. The Labute approximate surface area is 181 Å². The van der Waals surface area contributed by atoms with Crippen molar-refractivity contribution in [3.8, 4) is 11.5 Å². The van der Waals surface area contributed by atoms with E-state index < -0.39 is 30.4 Å². The van der Waals surface area contributed by atoms with Crippen LogP contribution in [0, 0.1) is 0 Å². The fraction of sp³-hybridized carbons (Fsp3) is 0.400. The number of methoxy groups -OCH3 is 1. The highest BCUT2D eigenvalue weighted by Crippen LogP contribution is 2.35. The minimum absolute atomic E-state index is 0.165. The molecule has 0 unspecified atom stereocenters. The van der Waals surface area contributed by atoms with Gasteiger partial charge in [0, 0.05) is 10.5 Å². The number of carboxylic acid groups (broad SMARTS) is 1. The number of ether oxygens (including phenoxy) is 2. The number of halogens is 1. The predicted molar refractivity (Wildman–Crippen MR) is 109 cm³/mol. The molecule has 2 fully saturated rings. The van der Waals surface area contributed by atoms with Gasteiger partial charge in [0.05, 0.1) is 7.11 Å². The van der Waals surface area contributed by atoms with Crippen molar-refractivity contribution >= 4 is 45.8 Å². The Hall–Kier alpha value is -2.88. The van der Waals surface area contributed by atoms with Gasteiger partial charge in [-0.3, -0.25) is 19.8 Å². The van der Waals surface area contributed by atoms with Gasteiger partial charge in [0.2, 0.25) is 0 Å². The molecule has 0 bridgehead atoms. The van der Waals surface area contributed by atoms with Gasteiger partial charge in [0.25, 0.3) is 11.8 Å². The Bertz CT molecular complexity index is 922. The van der Waals surface area contributed by atoms with Crippen LogP contribution in [0.15, 0.2) is 22.2 Å². The standard InChI is InChI=1S/C20H21BrN2O7/c1-29-15-8-11(14(21)9-16(15)30-10-17(24)25)7-13-18(26)22-20(28)23(19(13)27)12-5-3-2-4-6-12/h7-9,12H,2-6,10H2,1H3,(H,24,25)(H,22,26,28)/b13-7+. The highest BCUT2D eigenvalue weighted by atomic mass is 79.9. The van der Waals surface area contributed by atoms with E-state index >= 15 is 0 Å². The molecule has 0 atom stereocenters. The number of carbonyl (C=O) groups is 4. The summed E-state index contributed by atoms with van der Waals surface area (Å²) >= 11 is 3.34. The average Bonchev–Trinajstić information content (AvgIpc) is 2.71. The topological polar surface area (TPSA) is 122 Å². The van der Waals surface area contributed by atoms with Gasteiger partial charge < -0.3 is 14.6 Å². The molecule has 4 amide bonds. The molecular formula is C20H21BrN2O7. The van der Waals surface area contributed by atoms with Gasteiger partial charge in [-0.25, -0.2) is 9.59 Å². The molecule has 1 aromatic carbocycles. The van der Waals surface area contributed by atoms with Crippen molar-refractivity contribution < 1.29 is 33.8 Å². The van der Waals surface area contributed by atoms with Crippen LogP contribution in [0.1, 0.15) is 37.7 Å². The third-order valence-corrected chi connectivity index (χ3v) is 5.69. The lowest BCUT2D eigenvalue weighted by atomic mass is 9.93. The molecule has 0 radical (unpaired) electrons. The van der Waals surface area contributed by atoms with Gasteiger partial charge in [0.15, 0.2) is 18.1 Å². The lowest BCUT2D eigenvalue weighted by Gasteiger charge is -2.35. The van der Waals surface area contributed by atoms with Crippen LogP contribution >= 0.6 is 15.9 Å². The fourth-order valence-electron chi connectivity index (χ4n) is 3.57. The summed E-state index contributed by atoms with van der Waals surface area (Å²) in [5, 5.41) is 11.0. The molecule has 10 heteroatoms. The number of imide groups is 2.